The molecule has 3 rings (SSSR count). The molecule has 0 radical (unpaired) electrons. The third-order valence-corrected chi connectivity index (χ3v) is 2.87. The normalized spacial score (nSPS) is 16.9. The summed E-state index contributed by atoms with van der Waals surface area (Å²) < 4.78 is 24.7. The van der Waals surface area contributed by atoms with Crippen LogP contribution in [-0.4, -0.2) is 6.54 Å². The van der Waals surface area contributed by atoms with E-state index in [1.807, 2.05) is 24.3 Å². The molecule has 2 N–H and O–H groups in total. The highest BCUT2D eigenvalue weighted by Gasteiger charge is 2.23. The average molecular weight is 245 g/mol. The summed E-state index contributed by atoms with van der Waals surface area (Å²) in [4.78, 5) is 0. The summed E-state index contributed by atoms with van der Waals surface area (Å²) in [6.07, 6.45) is -0.284. The number of nitrogens with two attached hydrogens (primary N) is 1. The summed E-state index contributed by atoms with van der Waals surface area (Å²) >= 11 is 0. The molecule has 2 aromatic rings. The molecule has 1 heterocycles. The molecule has 0 saturated heterocycles. The lowest BCUT2D eigenvalue weighted by atomic mass is 10.1. The number of benzene rings is 2. The Morgan fingerprint density at radius 1 is 1.06 bits per heavy atom. The van der Waals surface area contributed by atoms with Crippen LogP contribution in [0.5, 0.6) is 17.2 Å². The van der Waals surface area contributed by atoms with Crippen LogP contribution in [0.1, 0.15) is 11.7 Å². The minimum absolute atomic E-state index is 0.284. The molecule has 18 heavy (non-hydrogen) atoms. The SMILES string of the molecule is NC[C@@H]1Oc2ccc(F)cc2Oc2ccccc21. The van der Waals surface area contributed by atoms with Crippen molar-refractivity contribution in [3.05, 3.63) is 53.8 Å². The van der Waals surface area contributed by atoms with Crippen LogP contribution in [-0.2, 0) is 0 Å². The molecule has 0 bridgehead atoms. The summed E-state index contributed by atoms with van der Waals surface area (Å²) in [6, 6.07) is 11.7. The van der Waals surface area contributed by atoms with Crippen molar-refractivity contribution in [2.45, 2.75) is 6.10 Å². The van der Waals surface area contributed by atoms with E-state index in [0.717, 1.165) is 5.56 Å². The minimum atomic E-state index is -0.360. The largest absolute Gasteiger partial charge is 0.480 e. The van der Waals surface area contributed by atoms with E-state index in [1.165, 1.54) is 12.1 Å². The van der Waals surface area contributed by atoms with Gasteiger partial charge in [-0.25, -0.2) is 4.39 Å². The van der Waals surface area contributed by atoms with Crippen molar-refractivity contribution >= 4 is 0 Å². The molecule has 1 atom stereocenters. The molecule has 0 unspecified atom stereocenters. The Bertz CT molecular complexity index is 586. The first-order chi connectivity index (χ1) is 8.78. The molecule has 1 aliphatic heterocycles. The maximum Gasteiger partial charge on any atom is 0.172 e. The zero-order valence-electron chi connectivity index (χ0n) is 9.60. The van der Waals surface area contributed by atoms with E-state index < -0.39 is 0 Å². The van der Waals surface area contributed by atoms with Crippen molar-refractivity contribution in [3.63, 3.8) is 0 Å². The van der Waals surface area contributed by atoms with Gasteiger partial charge in [0, 0.05) is 18.2 Å². The van der Waals surface area contributed by atoms with Gasteiger partial charge >= 0.3 is 0 Å². The standard InChI is InChI=1S/C14H12FNO2/c15-9-5-6-12-13(7-9)17-11-4-2-1-3-10(11)14(8-16)18-12/h1-7,14H,8,16H2/t14-/m0/s1. The van der Waals surface area contributed by atoms with Gasteiger partial charge in [-0.2, -0.15) is 0 Å². The molecular formula is C14H12FNO2. The molecule has 1 aliphatic rings. The fourth-order valence-electron chi connectivity index (χ4n) is 2.01. The second-order valence-corrected chi connectivity index (χ2v) is 4.07. The van der Waals surface area contributed by atoms with E-state index in [0.29, 0.717) is 23.8 Å². The van der Waals surface area contributed by atoms with Gasteiger partial charge in [-0.1, -0.05) is 18.2 Å². The van der Waals surface area contributed by atoms with Crippen LogP contribution in [0.25, 0.3) is 0 Å². The Labute approximate surface area is 104 Å². The first-order valence-electron chi connectivity index (χ1n) is 5.71. The zero-order valence-corrected chi connectivity index (χ0v) is 9.60. The topological polar surface area (TPSA) is 44.5 Å². The van der Waals surface area contributed by atoms with Gasteiger partial charge in [0.2, 0.25) is 0 Å². The van der Waals surface area contributed by atoms with E-state index >= 15 is 0 Å². The highest BCUT2D eigenvalue weighted by molar-refractivity contribution is 5.48. The first-order valence-corrected chi connectivity index (χ1v) is 5.71. The van der Waals surface area contributed by atoms with Gasteiger partial charge in [0.1, 0.15) is 17.7 Å². The average Bonchev–Trinajstić information content (AvgIpc) is 2.54. The predicted molar refractivity (Wildman–Crippen MR) is 65.3 cm³/mol. The Kier molecular flexibility index (Phi) is 2.64. The molecule has 4 heteroatoms. The van der Waals surface area contributed by atoms with Crippen LogP contribution in [0.4, 0.5) is 4.39 Å². The Morgan fingerprint density at radius 2 is 1.89 bits per heavy atom. The zero-order chi connectivity index (χ0) is 12.5. The number of hydrogen-bond donors (Lipinski definition) is 1. The number of ether oxygens (including phenoxy) is 2. The first kappa shape index (κ1) is 11.0. The number of fused-ring (bicyclic) bond motifs is 2. The van der Waals surface area contributed by atoms with Crippen molar-refractivity contribution < 1.29 is 13.9 Å². The van der Waals surface area contributed by atoms with E-state index in [9.17, 15) is 4.39 Å². The third kappa shape index (κ3) is 1.80. The Balaban J connectivity index is 2.13. The van der Waals surface area contributed by atoms with Gasteiger partial charge in [-0.3, -0.25) is 0 Å². The molecule has 0 aliphatic carbocycles. The highest BCUT2D eigenvalue weighted by Crippen LogP contribution is 2.41. The molecule has 0 fully saturated rings. The van der Waals surface area contributed by atoms with Crippen LogP contribution in [0.2, 0.25) is 0 Å². The molecule has 0 saturated carbocycles. The van der Waals surface area contributed by atoms with Gasteiger partial charge in [0.05, 0.1) is 0 Å². The summed E-state index contributed by atoms with van der Waals surface area (Å²) in [7, 11) is 0. The van der Waals surface area contributed by atoms with Gasteiger partial charge in [0.15, 0.2) is 11.5 Å². The maximum atomic E-state index is 13.2. The van der Waals surface area contributed by atoms with Gasteiger partial charge in [-0.15, -0.1) is 0 Å². The molecule has 2 aromatic carbocycles. The van der Waals surface area contributed by atoms with Crippen molar-refractivity contribution in [1.82, 2.24) is 0 Å². The maximum absolute atomic E-state index is 13.2. The van der Waals surface area contributed by atoms with E-state index in [-0.39, 0.29) is 11.9 Å². The van der Waals surface area contributed by atoms with Crippen LogP contribution in [0.3, 0.4) is 0 Å². The Morgan fingerprint density at radius 3 is 2.72 bits per heavy atom. The Hall–Kier alpha value is -2.07. The van der Waals surface area contributed by atoms with E-state index in [1.54, 1.807) is 6.07 Å². The van der Waals surface area contributed by atoms with Crippen molar-refractivity contribution in [1.29, 1.82) is 0 Å². The van der Waals surface area contributed by atoms with E-state index in [2.05, 4.69) is 0 Å². The molecule has 0 aromatic heterocycles. The monoisotopic (exact) mass is 245 g/mol. The smallest absolute Gasteiger partial charge is 0.172 e. The molecule has 0 amide bonds. The van der Waals surface area contributed by atoms with Crippen LogP contribution in [0, 0.1) is 5.82 Å². The number of para-hydroxylation sites is 1. The summed E-state index contributed by atoms with van der Waals surface area (Å²) in [5.74, 6) is 1.17. The molecule has 3 nitrogen and oxygen atoms in total. The predicted octanol–water partition coefficient (Wildman–Crippen LogP) is 3.01. The van der Waals surface area contributed by atoms with Gasteiger partial charge in [0.25, 0.3) is 0 Å². The number of rotatable bonds is 1. The summed E-state index contributed by atoms with van der Waals surface area (Å²) in [6.45, 7) is 0.331. The fourth-order valence-corrected chi connectivity index (χ4v) is 2.01. The quantitative estimate of drug-likeness (QED) is 0.839. The lowest BCUT2D eigenvalue weighted by Crippen LogP contribution is -2.17. The highest BCUT2D eigenvalue weighted by atomic mass is 19.1. The molecule has 92 valence electrons. The van der Waals surface area contributed by atoms with Crippen LogP contribution in [0.15, 0.2) is 42.5 Å². The van der Waals surface area contributed by atoms with Crippen molar-refractivity contribution in [3.8, 4) is 17.2 Å². The van der Waals surface area contributed by atoms with Gasteiger partial charge < -0.3 is 15.2 Å². The lowest BCUT2D eigenvalue weighted by Gasteiger charge is -2.15. The summed E-state index contributed by atoms with van der Waals surface area (Å²) in [5, 5.41) is 0. The van der Waals surface area contributed by atoms with Crippen molar-refractivity contribution in [2.24, 2.45) is 5.73 Å². The second kappa shape index (κ2) is 4.31. The molecular weight excluding hydrogens is 233 g/mol. The van der Waals surface area contributed by atoms with E-state index in [4.69, 9.17) is 15.2 Å². The van der Waals surface area contributed by atoms with Crippen LogP contribution < -0.4 is 15.2 Å². The van der Waals surface area contributed by atoms with Gasteiger partial charge in [-0.05, 0) is 18.2 Å². The number of hydrogen-bond acceptors (Lipinski definition) is 3. The third-order valence-electron chi connectivity index (χ3n) is 2.87. The van der Waals surface area contributed by atoms with Crippen LogP contribution >= 0.6 is 0 Å². The molecule has 0 spiro atoms. The second-order valence-electron chi connectivity index (χ2n) is 4.07. The van der Waals surface area contributed by atoms with Crippen molar-refractivity contribution in [2.75, 3.05) is 6.54 Å². The lowest BCUT2D eigenvalue weighted by molar-refractivity contribution is 0.216. The minimum Gasteiger partial charge on any atom is -0.480 e. The number of halogens is 1. The summed E-state index contributed by atoms with van der Waals surface area (Å²) in [5.41, 5.74) is 6.59. The fraction of sp³-hybridized carbons (Fsp3) is 0.143.